The molecular weight excluding hydrogens is 253 g/mol. The molecule has 0 unspecified atom stereocenters. The van der Waals surface area contributed by atoms with Gasteiger partial charge in [0.05, 0.1) is 29.7 Å². The lowest BCUT2D eigenvalue weighted by Gasteiger charge is -2.09. The molecule has 6 nitrogen and oxygen atoms in total. The number of oxazole rings is 1. The van der Waals surface area contributed by atoms with Crippen molar-refractivity contribution in [3.8, 4) is 0 Å². The Morgan fingerprint density at radius 1 is 1.58 bits per heavy atom. The molecule has 7 heteroatoms. The number of nitrogens with one attached hydrogen (secondary N) is 1. The molecule has 2 aromatic rings. The number of nitrogens with two attached hydrogens (primary N) is 1. The van der Waals surface area contributed by atoms with E-state index in [0.717, 1.165) is 12.1 Å². The summed E-state index contributed by atoms with van der Waals surface area (Å²) in [5, 5.41) is 11.6. The third-order valence-electron chi connectivity index (χ3n) is 2.47. The molecule has 0 atom stereocenters. The summed E-state index contributed by atoms with van der Waals surface area (Å²) in [5.41, 5.74) is 5.62. The highest BCUT2D eigenvalue weighted by atomic mass is 19.1. The van der Waals surface area contributed by atoms with Crippen LogP contribution in [0.1, 0.15) is 22.0 Å². The van der Waals surface area contributed by atoms with E-state index in [-0.39, 0.29) is 12.2 Å². The molecule has 0 saturated carbocycles. The lowest BCUT2D eigenvalue weighted by atomic mass is 10.1. The summed E-state index contributed by atoms with van der Waals surface area (Å²) in [6.07, 6.45) is 1.56. The molecule has 1 aromatic heterocycles. The van der Waals surface area contributed by atoms with Crippen molar-refractivity contribution in [2.24, 2.45) is 0 Å². The van der Waals surface area contributed by atoms with Gasteiger partial charge in [-0.05, 0) is 19.1 Å². The highest BCUT2D eigenvalue weighted by Crippen LogP contribution is 2.23. The summed E-state index contributed by atoms with van der Waals surface area (Å²) in [5.74, 6) is -1.12. The first kappa shape index (κ1) is 12.9. The molecule has 1 heterocycles. The topological polar surface area (TPSA) is 101 Å². The second-order valence-corrected chi connectivity index (χ2v) is 3.94. The minimum Gasteiger partial charge on any atom is -0.478 e. The van der Waals surface area contributed by atoms with E-state index in [1.54, 1.807) is 13.1 Å². The molecule has 4 N–H and O–H groups in total. The Morgan fingerprint density at radius 3 is 2.89 bits per heavy atom. The maximum absolute atomic E-state index is 13.5. The van der Waals surface area contributed by atoms with Gasteiger partial charge in [0.2, 0.25) is 5.89 Å². The first-order chi connectivity index (χ1) is 8.97. The number of benzene rings is 1. The zero-order valence-corrected chi connectivity index (χ0v) is 10.1. The number of carboxylic acid groups (broad SMARTS) is 1. The molecule has 0 aliphatic heterocycles. The summed E-state index contributed by atoms with van der Waals surface area (Å²) in [6.45, 7) is 1.98. The van der Waals surface area contributed by atoms with Crippen molar-refractivity contribution in [1.82, 2.24) is 4.98 Å². The molecule has 0 aliphatic carbocycles. The molecule has 100 valence electrons. The van der Waals surface area contributed by atoms with Crippen LogP contribution in [0.4, 0.5) is 15.8 Å². The average Bonchev–Trinajstić information content (AvgIpc) is 2.75. The number of hydrogen-bond donors (Lipinski definition) is 3. The average molecular weight is 265 g/mol. The normalized spacial score (nSPS) is 10.4. The highest BCUT2D eigenvalue weighted by Gasteiger charge is 2.14. The summed E-state index contributed by atoms with van der Waals surface area (Å²) >= 11 is 0. The van der Waals surface area contributed by atoms with Crippen LogP contribution in [0.15, 0.2) is 22.7 Å². The van der Waals surface area contributed by atoms with Gasteiger partial charge >= 0.3 is 5.97 Å². The fourth-order valence-corrected chi connectivity index (χ4v) is 1.56. The zero-order valence-electron chi connectivity index (χ0n) is 10.1. The second-order valence-electron chi connectivity index (χ2n) is 3.94. The number of aryl methyl sites for hydroxylation is 1. The lowest BCUT2D eigenvalue weighted by Crippen LogP contribution is -2.07. The van der Waals surface area contributed by atoms with Gasteiger partial charge in [-0.15, -0.1) is 0 Å². The highest BCUT2D eigenvalue weighted by molar-refractivity contribution is 5.90. The molecule has 0 spiro atoms. The molecule has 1 aromatic carbocycles. The van der Waals surface area contributed by atoms with Gasteiger partial charge in [-0.1, -0.05) is 0 Å². The molecule has 0 fully saturated rings. The summed E-state index contributed by atoms with van der Waals surface area (Å²) in [7, 11) is 0. The number of carbonyl (C=O) groups is 1. The Hall–Kier alpha value is -2.57. The molecule has 0 saturated heterocycles. The molecule has 2 rings (SSSR count). The minimum absolute atomic E-state index is 0.141. The SMILES string of the molecule is Cc1cnc(CNc2cc(F)c(C(=O)O)cc2N)o1. The first-order valence-corrected chi connectivity index (χ1v) is 5.45. The Kier molecular flexibility index (Phi) is 3.37. The van der Waals surface area contributed by atoms with Gasteiger partial charge in [0, 0.05) is 0 Å². The molecule has 19 heavy (non-hydrogen) atoms. The number of nitrogens with zero attached hydrogens (tertiary/aromatic N) is 1. The van der Waals surface area contributed by atoms with Crippen molar-refractivity contribution in [2.75, 3.05) is 11.1 Å². The standard InChI is InChI=1S/C12H12FN3O3/c1-6-4-16-11(19-6)5-15-10-3-8(13)7(12(17)18)2-9(10)14/h2-4,15H,5,14H2,1H3,(H,17,18). The molecule has 0 radical (unpaired) electrons. The van der Waals surface area contributed by atoms with Crippen molar-refractivity contribution >= 4 is 17.3 Å². The number of anilines is 2. The fraction of sp³-hybridized carbons (Fsp3) is 0.167. The molecular formula is C12H12FN3O3. The van der Waals surface area contributed by atoms with Crippen LogP contribution in [0.5, 0.6) is 0 Å². The van der Waals surface area contributed by atoms with Gasteiger partial charge in [0.25, 0.3) is 0 Å². The third-order valence-corrected chi connectivity index (χ3v) is 2.47. The van der Waals surface area contributed by atoms with Crippen LogP contribution in [0.25, 0.3) is 0 Å². The van der Waals surface area contributed by atoms with Crippen LogP contribution >= 0.6 is 0 Å². The van der Waals surface area contributed by atoms with Crippen LogP contribution in [0.2, 0.25) is 0 Å². The predicted molar refractivity (Wildman–Crippen MR) is 66.3 cm³/mol. The van der Waals surface area contributed by atoms with E-state index in [2.05, 4.69) is 10.3 Å². The van der Waals surface area contributed by atoms with Gasteiger partial charge in [0.1, 0.15) is 11.6 Å². The molecule has 0 aliphatic rings. The summed E-state index contributed by atoms with van der Waals surface area (Å²) in [6, 6.07) is 2.11. The number of rotatable bonds is 4. The van der Waals surface area contributed by atoms with Crippen molar-refractivity contribution in [1.29, 1.82) is 0 Å². The fourth-order valence-electron chi connectivity index (χ4n) is 1.56. The van der Waals surface area contributed by atoms with Crippen molar-refractivity contribution in [3.63, 3.8) is 0 Å². The van der Waals surface area contributed by atoms with Gasteiger partial charge in [-0.2, -0.15) is 0 Å². The van der Waals surface area contributed by atoms with E-state index >= 15 is 0 Å². The van der Waals surface area contributed by atoms with Gasteiger partial charge in [-0.3, -0.25) is 0 Å². The van der Waals surface area contributed by atoms with E-state index in [1.807, 2.05) is 0 Å². The Balaban J connectivity index is 2.17. The van der Waals surface area contributed by atoms with E-state index in [1.165, 1.54) is 0 Å². The monoisotopic (exact) mass is 265 g/mol. The zero-order chi connectivity index (χ0) is 14.0. The quantitative estimate of drug-likeness (QED) is 0.731. The van der Waals surface area contributed by atoms with Crippen molar-refractivity contribution in [3.05, 3.63) is 41.4 Å². The summed E-state index contributed by atoms with van der Waals surface area (Å²) < 4.78 is 18.7. The Labute approximate surface area is 108 Å². The van der Waals surface area contributed by atoms with Crippen LogP contribution < -0.4 is 11.1 Å². The second kappa shape index (κ2) is 4.97. The Morgan fingerprint density at radius 2 is 2.32 bits per heavy atom. The third kappa shape index (κ3) is 2.82. The van der Waals surface area contributed by atoms with Crippen molar-refractivity contribution < 1.29 is 18.7 Å². The van der Waals surface area contributed by atoms with Crippen LogP contribution in [0, 0.1) is 12.7 Å². The van der Waals surface area contributed by atoms with Gasteiger partial charge in [-0.25, -0.2) is 14.2 Å². The van der Waals surface area contributed by atoms with E-state index in [0.29, 0.717) is 17.3 Å². The number of halogens is 1. The van der Waals surface area contributed by atoms with E-state index in [9.17, 15) is 9.18 Å². The maximum atomic E-state index is 13.5. The maximum Gasteiger partial charge on any atom is 0.338 e. The largest absolute Gasteiger partial charge is 0.478 e. The lowest BCUT2D eigenvalue weighted by molar-refractivity contribution is 0.0692. The number of aromatic carboxylic acids is 1. The van der Waals surface area contributed by atoms with Crippen LogP contribution in [-0.4, -0.2) is 16.1 Å². The number of carboxylic acids is 1. The van der Waals surface area contributed by atoms with Gasteiger partial charge < -0.3 is 20.6 Å². The number of hydrogen-bond acceptors (Lipinski definition) is 5. The Bertz CT molecular complexity index is 625. The summed E-state index contributed by atoms with van der Waals surface area (Å²) in [4.78, 5) is 14.7. The number of aromatic nitrogens is 1. The van der Waals surface area contributed by atoms with E-state index < -0.39 is 17.3 Å². The molecule has 0 bridgehead atoms. The number of nitrogen functional groups attached to an aromatic ring is 1. The minimum atomic E-state index is -1.36. The predicted octanol–water partition coefficient (Wildman–Crippen LogP) is 2.01. The first-order valence-electron chi connectivity index (χ1n) is 5.45. The molecule has 0 amide bonds. The van der Waals surface area contributed by atoms with Gasteiger partial charge in [0.15, 0.2) is 0 Å². The van der Waals surface area contributed by atoms with Crippen molar-refractivity contribution in [2.45, 2.75) is 13.5 Å². The van der Waals surface area contributed by atoms with Crippen LogP contribution in [0.3, 0.4) is 0 Å². The van der Waals surface area contributed by atoms with E-state index in [4.69, 9.17) is 15.3 Å². The van der Waals surface area contributed by atoms with Crippen LogP contribution in [-0.2, 0) is 6.54 Å². The smallest absolute Gasteiger partial charge is 0.338 e.